The number of piperidine rings is 1. The van der Waals surface area contributed by atoms with Gasteiger partial charge in [0, 0.05) is 6.54 Å². The first kappa shape index (κ1) is 16.4. The lowest BCUT2D eigenvalue weighted by Crippen LogP contribution is -2.28. The van der Waals surface area contributed by atoms with E-state index in [0.29, 0.717) is 5.19 Å². The first-order chi connectivity index (χ1) is 12.3. The van der Waals surface area contributed by atoms with E-state index in [4.69, 9.17) is 9.47 Å². The zero-order chi connectivity index (χ0) is 17.1. The van der Waals surface area contributed by atoms with Crippen LogP contribution >= 0.6 is 11.3 Å². The van der Waals surface area contributed by atoms with Crippen molar-refractivity contribution in [1.29, 1.82) is 0 Å². The number of benzene rings is 2. The number of hydrogen-bond donors (Lipinski definition) is 0. The molecule has 1 saturated heterocycles. The lowest BCUT2D eigenvalue weighted by molar-refractivity contribution is 0.221. The standard InChI is InChI=1S/C20H22N2O2S/c1-23-17-9-10-18-19(13-17)25-20(21-18)24-16-7-5-15(6-8-16)14-22-11-3-2-4-12-22/h5-10,13H,2-4,11-12,14H2,1H3. The molecule has 3 aromatic rings. The van der Waals surface area contributed by atoms with Gasteiger partial charge >= 0.3 is 0 Å². The van der Waals surface area contributed by atoms with E-state index < -0.39 is 0 Å². The molecule has 2 heterocycles. The van der Waals surface area contributed by atoms with Gasteiger partial charge < -0.3 is 9.47 Å². The highest BCUT2D eigenvalue weighted by Crippen LogP contribution is 2.33. The third kappa shape index (κ3) is 3.94. The highest BCUT2D eigenvalue weighted by atomic mass is 32.1. The van der Waals surface area contributed by atoms with Crippen molar-refractivity contribution in [3.8, 4) is 16.7 Å². The van der Waals surface area contributed by atoms with Crippen molar-refractivity contribution in [2.24, 2.45) is 0 Å². The average Bonchev–Trinajstić information content (AvgIpc) is 3.05. The second-order valence-electron chi connectivity index (χ2n) is 6.40. The molecule has 0 unspecified atom stereocenters. The van der Waals surface area contributed by atoms with E-state index in [2.05, 4.69) is 22.0 Å². The molecule has 0 bridgehead atoms. The number of fused-ring (bicyclic) bond motifs is 1. The Morgan fingerprint density at radius 1 is 1.00 bits per heavy atom. The Balaban J connectivity index is 1.43. The Morgan fingerprint density at radius 2 is 1.76 bits per heavy atom. The second kappa shape index (κ2) is 7.42. The summed E-state index contributed by atoms with van der Waals surface area (Å²) in [7, 11) is 1.67. The Kier molecular flexibility index (Phi) is 4.85. The van der Waals surface area contributed by atoms with E-state index in [9.17, 15) is 0 Å². The van der Waals surface area contributed by atoms with Gasteiger partial charge in [-0.15, -0.1) is 0 Å². The molecule has 25 heavy (non-hydrogen) atoms. The maximum atomic E-state index is 5.93. The molecule has 0 spiro atoms. The van der Waals surface area contributed by atoms with Crippen LogP contribution in [0.15, 0.2) is 42.5 Å². The molecule has 5 heteroatoms. The van der Waals surface area contributed by atoms with E-state index in [1.165, 1.54) is 49.3 Å². The zero-order valence-electron chi connectivity index (χ0n) is 14.4. The van der Waals surface area contributed by atoms with Crippen LogP contribution in [0.25, 0.3) is 10.2 Å². The molecule has 4 nitrogen and oxygen atoms in total. The topological polar surface area (TPSA) is 34.6 Å². The summed E-state index contributed by atoms with van der Waals surface area (Å²) >= 11 is 1.53. The van der Waals surface area contributed by atoms with Gasteiger partial charge in [-0.2, -0.15) is 0 Å². The van der Waals surface area contributed by atoms with Gasteiger partial charge in [0.2, 0.25) is 0 Å². The van der Waals surface area contributed by atoms with Crippen molar-refractivity contribution in [3.63, 3.8) is 0 Å². The number of thiazole rings is 1. The van der Waals surface area contributed by atoms with Gasteiger partial charge in [-0.25, -0.2) is 4.98 Å². The Bertz CT molecular complexity index is 839. The zero-order valence-corrected chi connectivity index (χ0v) is 15.2. The number of nitrogens with zero attached hydrogens (tertiary/aromatic N) is 2. The molecule has 2 aromatic carbocycles. The molecular weight excluding hydrogens is 332 g/mol. The SMILES string of the molecule is COc1ccc2nc(Oc3ccc(CN4CCCCC4)cc3)sc2c1. The van der Waals surface area contributed by atoms with Crippen LogP contribution in [0, 0.1) is 0 Å². The largest absolute Gasteiger partial charge is 0.497 e. The van der Waals surface area contributed by atoms with Gasteiger partial charge in [0.15, 0.2) is 0 Å². The molecule has 0 saturated carbocycles. The van der Waals surface area contributed by atoms with E-state index in [1.807, 2.05) is 30.3 Å². The van der Waals surface area contributed by atoms with E-state index in [0.717, 1.165) is 28.3 Å². The quantitative estimate of drug-likeness (QED) is 0.640. The van der Waals surface area contributed by atoms with Gasteiger partial charge in [0.1, 0.15) is 11.5 Å². The molecular formula is C20H22N2O2S. The summed E-state index contributed by atoms with van der Waals surface area (Å²) in [5.74, 6) is 1.66. The third-order valence-corrected chi connectivity index (χ3v) is 5.46. The van der Waals surface area contributed by atoms with E-state index in [1.54, 1.807) is 7.11 Å². The van der Waals surface area contributed by atoms with Crippen LogP contribution in [0.3, 0.4) is 0 Å². The van der Waals surface area contributed by atoms with Crippen LogP contribution in [-0.4, -0.2) is 30.1 Å². The van der Waals surface area contributed by atoms with Gasteiger partial charge in [-0.1, -0.05) is 29.9 Å². The fraction of sp³-hybridized carbons (Fsp3) is 0.350. The summed E-state index contributed by atoms with van der Waals surface area (Å²) in [4.78, 5) is 7.06. The smallest absolute Gasteiger partial charge is 0.279 e. The van der Waals surface area contributed by atoms with Crippen LogP contribution in [0.4, 0.5) is 0 Å². The van der Waals surface area contributed by atoms with Crippen molar-refractivity contribution in [1.82, 2.24) is 9.88 Å². The van der Waals surface area contributed by atoms with Crippen LogP contribution in [-0.2, 0) is 6.54 Å². The fourth-order valence-electron chi connectivity index (χ4n) is 3.19. The lowest BCUT2D eigenvalue weighted by atomic mass is 10.1. The number of likely N-dealkylation sites (tertiary alicyclic amines) is 1. The molecule has 0 radical (unpaired) electrons. The number of methoxy groups -OCH3 is 1. The molecule has 4 rings (SSSR count). The number of hydrogen-bond acceptors (Lipinski definition) is 5. The summed E-state index contributed by atoms with van der Waals surface area (Å²) in [5, 5.41) is 0.659. The predicted molar refractivity (Wildman–Crippen MR) is 102 cm³/mol. The third-order valence-electron chi connectivity index (χ3n) is 4.56. The van der Waals surface area contributed by atoms with Crippen molar-refractivity contribution in [2.75, 3.05) is 20.2 Å². The van der Waals surface area contributed by atoms with Gasteiger partial charge in [-0.05, 0) is 61.8 Å². The van der Waals surface area contributed by atoms with Gasteiger partial charge in [0.05, 0.1) is 17.3 Å². The number of rotatable bonds is 5. The van der Waals surface area contributed by atoms with Gasteiger partial charge in [0.25, 0.3) is 5.19 Å². The van der Waals surface area contributed by atoms with E-state index >= 15 is 0 Å². The summed E-state index contributed by atoms with van der Waals surface area (Å²) in [6, 6.07) is 14.2. The predicted octanol–water partition coefficient (Wildman–Crippen LogP) is 5.08. The summed E-state index contributed by atoms with van der Waals surface area (Å²) in [5.41, 5.74) is 2.27. The van der Waals surface area contributed by atoms with Gasteiger partial charge in [-0.3, -0.25) is 4.90 Å². The number of ether oxygens (including phenoxy) is 2. The second-order valence-corrected chi connectivity index (χ2v) is 7.39. The molecule has 0 N–H and O–H groups in total. The lowest BCUT2D eigenvalue weighted by Gasteiger charge is -2.26. The van der Waals surface area contributed by atoms with Crippen molar-refractivity contribution < 1.29 is 9.47 Å². The van der Waals surface area contributed by atoms with Crippen molar-refractivity contribution >= 4 is 21.6 Å². The average molecular weight is 354 g/mol. The first-order valence-electron chi connectivity index (χ1n) is 8.74. The molecule has 1 fully saturated rings. The molecule has 0 amide bonds. The summed E-state index contributed by atoms with van der Waals surface area (Å²) in [6.45, 7) is 3.46. The van der Waals surface area contributed by atoms with Crippen LogP contribution in [0.5, 0.6) is 16.7 Å². The maximum absolute atomic E-state index is 5.93. The van der Waals surface area contributed by atoms with Crippen LogP contribution < -0.4 is 9.47 Å². The summed E-state index contributed by atoms with van der Waals surface area (Å²) in [6.07, 6.45) is 4.02. The van der Waals surface area contributed by atoms with Crippen molar-refractivity contribution in [2.45, 2.75) is 25.8 Å². The highest BCUT2D eigenvalue weighted by Gasteiger charge is 2.11. The molecule has 1 aliphatic heterocycles. The normalized spacial score (nSPS) is 15.4. The Labute approximate surface area is 152 Å². The minimum Gasteiger partial charge on any atom is -0.497 e. The van der Waals surface area contributed by atoms with E-state index in [-0.39, 0.29) is 0 Å². The first-order valence-corrected chi connectivity index (χ1v) is 9.55. The maximum Gasteiger partial charge on any atom is 0.279 e. The molecule has 130 valence electrons. The Hall–Kier alpha value is -2.11. The molecule has 0 atom stereocenters. The molecule has 1 aromatic heterocycles. The fourth-order valence-corrected chi connectivity index (χ4v) is 4.06. The Morgan fingerprint density at radius 3 is 2.52 bits per heavy atom. The monoisotopic (exact) mass is 354 g/mol. The molecule has 0 aliphatic carbocycles. The minimum atomic E-state index is 0.659. The summed E-state index contributed by atoms with van der Waals surface area (Å²) < 4.78 is 12.3. The van der Waals surface area contributed by atoms with Crippen molar-refractivity contribution in [3.05, 3.63) is 48.0 Å². The number of aromatic nitrogens is 1. The highest BCUT2D eigenvalue weighted by molar-refractivity contribution is 7.20. The molecule has 1 aliphatic rings. The minimum absolute atomic E-state index is 0.659. The van der Waals surface area contributed by atoms with Crippen LogP contribution in [0.1, 0.15) is 24.8 Å². The van der Waals surface area contributed by atoms with Crippen LogP contribution in [0.2, 0.25) is 0 Å².